The van der Waals surface area contributed by atoms with Crippen LogP contribution in [0.3, 0.4) is 0 Å². The second-order valence-electron chi connectivity index (χ2n) is 7.25. The quantitative estimate of drug-likeness (QED) is 0.707. The molecule has 0 aliphatic carbocycles. The van der Waals surface area contributed by atoms with Crippen LogP contribution in [0.25, 0.3) is 0 Å². The average molecular weight is 421 g/mol. The molecule has 1 unspecified atom stereocenters. The third-order valence-corrected chi connectivity index (χ3v) is 6.08. The van der Waals surface area contributed by atoms with E-state index in [9.17, 15) is 4.79 Å². The number of halogens is 2. The number of rotatable bonds is 6. The van der Waals surface area contributed by atoms with Crippen molar-refractivity contribution in [3.63, 3.8) is 0 Å². The molecule has 1 aliphatic heterocycles. The summed E-state index contributed by atoms with van der Waals surface area (Å²) in [6.07, 6.45) is 1.67. The standard InChI is InChI=1S/C22H26Cl2N2O2/c1-15(16-6-8-18(28-2)9-7-16)25-22(27)17-10-12-26(13-11-17)14-19-20(23)4-3-5-21(19)24/h3-9,15,17H,10-14H2,1-2H3,(H,25,27). The van der Waals surface area contributed by atoms with E-state index in [0.717, 1.165) is 49.4 Å². The summed E-state index contributed by atoms with van der Waals surface area (Å²) in [6, 6.07) is 13.4. The molecule has 0 bridgehead atoms. The summed E-state index contributed by atoms with van der Waals surface area (Å²) in [5.41, 5.74) is 2.03. The Morgan fingerprint density at radius 2 is 1.75 bits per heavy atom. The van der Waals surface area contributed by atoms with Gasteiger partial charge in [0, 0.05) is 28.1 Å². The molecule has 2 aromatic rings. The van der Waals surface area contributed by atoms with Gasteiger partial charge in [0.1, 0.15) is 5.75 Å². The second-order valence-corrected chi connectivity index (χ2v) is 8.07. The number of likely N-dealkylation sites (tertiary alicyclic amines) is 1. The van der Waals surface area contributed by atoms with Gasteiger partial charge in [-0.2, -0.15) is 0 Å². The van der Waals surface area contributed by atoms with E-state index in [1.807, 2.05) is 49.4 Å². The molecular formula is C22H26Cl2N2O2. The van der Waals surface area contributed by atoms with Crippen LogP contribution in [0.2, 0.25) is 10.0 Å². The molecular weight excluding hydrogens is 395 g/mol. The first-order chi connectivity index (χ1) is 13.5. The number of nitrogens with zero attached hydrogens (tertiary/aromatic N) is 1. The molecule has 150 valence electrons. The fourth-order valence-electron chi connectivity index (χ4n) is 3.57. The van der Waals surface area contributed by atoms with Gasteiger partial charge >= 0.3 is 0 Å². The lowest BCUT2D eigenvalue weighted by molar-refractivity contribution is -0.127. The van der Waals surface area contributed by atoms with Crippen molar-refractivity contribution >= 4 is 29.1 Å². The first-order valence-corrected chi connectivity index (χ1v) is 10.3. The lowest BCUT2D eigenvalue weighted by Gasteiger charge is -2.32. The van der Waals surface area contributed by atoms with Crippen LogP contribution in [0.4, 0.5) is 0 Å². The summed E-state index contributed by atoms with van der Waals surface area (Å²) in [4.78, 5) is 15.0. The SMILES string of the molecule is COc1ccc(C(C)NC(=O)C2CCN(Cc3c(Cl)cccc3Cl)CC2)cc1. The van der Waals surface area contributed by atoms with Gasteiger partial charge in [0.15, 0.2) is 0 Å². The minimum absolute atomic E-state index is 0.0293. The molecule has 0 spiro atoms. The fraction of sp³-hybridized carbons (Fsp3) is 0.409. The molecule has 0 saturated carbocycles. The smallest absolute Gasteiger partial charge is 0.223 e. The Hall–Kier alpha value is -1.75. The molecule has 3 rings (SSSR count). The Bertz CT molecular complexity index is 782. The molecule has 1 amide bonds. The number of carbonyl (C=O) groups is 1. The molecule has 1 heterocycles. The predicted molar refractivity (Wildman–Crippen MR) is 114 cm³/mol. The maximum absolute atomic E-state index is 12.7. The van der Waals surface area contributed by atoms with Gasteiger partial charge in [0.25, 0.3) is 0 Å². The van der Waals surface area contributed by atoms with Crippen LogP contribution in [0.5, 0.6) is 5.75 Å². The van der Waals surface area contributed by atoms with Crippen molar-refractivity contribution in [1.29, 1.82) is 0 Å². The van der Waals surface area contributed by atoms with Crippen molar-refractivity contribution in [2.75, 3.05) is 20.2 Å². The van der Waals surface area contributed by atoms with Crippen LogP contribution in [0.15, 0.2) is 42.5 Å². The monoisotopic (exact) mass is 420 g/mol. The Labute approximate surface area is 176 Å². The number of hydrogen-bond donors (Lipinski definition) is 1. The van der Waals surface area contributed by atoms with Crippen LogP contribution < -0.4 is 10.1 Å². The highest BCUT2D eigenvalue weighted by Crippen LogP contribution is 2.28. The Balaban J connectivity index is 1.50. The first-order valence-electron chi connectivity index (χ1n) is 9.57. The van der Waals surface area contributed by atoms with Gasteiger partial charge in [-0.3, -0.25) is 9.69 Å². The van der Waals surface area contributed by atoms with Gasteiger partial charge in [0.2, 0.25) is 5.91 Å². The van der Waals surface area contributed by atoms with Crippen molar-refractivity contribution in [3.05, 3.63) is 63.6 Å². The third kappa shape index (κ3) is 5.19. The van der Waals surface area contributed by atoms with E-state index >= 15 is 0 Å². The minimum Gasteiger partial charge on any atom is -0.497 e. The molecule has 0 aromatic heterocycles. The zero-order chi connectivity index (χ0) is 20.1. The number of piperidine rings is 1. The van der Waals surface area contributed by atoms with Crippen molar-refractivity contribution in [2.24, 2.45) is 5.92 Å². The highest BCUT2D eigenvalue weighted by molar-refractivity contribution is 6.35. The highest BCUT2D eigenvalue weighted by Gasteiger charge is 2.26. The van der Waals surface area contributed by atoms with E-state index in [1.165, 1.54) is 0 Å². The van der Waals surface area contributed by atoms with Gasteiger partial charge in [-0.15, -0.1) is 0 Å². The summed E-state index contributed by atoms with van der Waals surface area (Å²) < 4.78 is 5.18. The minimum atomic E-state index is -0.0293. The van der Waals surface area contributed by atoms with Crippen molar-refractivity contribution in [1.82, 2.24) is 10.2 Å². The normalized spacial score (nSPS) is 16.6. The van der Waals surface area contributed by atoms with Crippen LogP contribution >= 0.6 is 23.2 Å². The molecule has 1 N–H and O–H groups in total. The highest BCUT2D eigenvalue weighted by atomic mass is 35.5. The lowest BCUT2D eigenvalue weighted by atomic mass is 9.95. The summed E-state index contributed by atoms with van der Waals surface area (Å²) >= 11 is 12.6. The van der Waals surface area contributed by atoms with Crippen molar-refractivity contribution < 1.29 is 9.53 Å². The van der Waals surface area contributed by atoms with Gasteiger partial charge < -0.3 is 10.1 Å². The molecule has 6 heteroatoms. The molecule has 28 heavy (non-hydrogen) atoms. The number of ether oxygens (including phenoxy) is 1. The zero-order valence-corrected chi connectivity index (χ0v) is 17.8. The van der Waals surface area contributed by atoms with Gasteiger partial charge in [-0.25, -0.2) is 0 Å². The summed E-state index contributed by atoms with van der Waals surface area (Å²) in [5, 5.41) is 4.54. The predicted octanol–water partition coefficient (Wildman–Crippen LogP) is 5.09. The fourth-order valence-corrected chi connectivity index (χ4v) is 4.08. The Morgan fingerprint density at radius 1 is 1.14 bits per heavy atom. The van der Waals surface area contributed by atoms with E-state index in [1.54, 1.807) is 7.11 Å². The number of benzene rings is 2. The average Bonchev–Trinajstić information content (AvgIpc) is 2.71. The van der Waals surface area contributed by atoms with Crippen LogP contribution in [0, 0.1) is 5.92 Å². The molecule has 4 nitrogen and oxygen atoms in total. The summed E-state index contributed by atoms with van der Waals surface area (Å²) in [7, 11) is 1.65. The van der Waals surface area contributed by atoms with Crippen LogP contribution in [-0.4, -0.2) is 31.0 Å². The number of carbonyl (C=O) groups excluding carboxylic acids is 1. The molecule has 1 fully saturated rings. The molecule has 1 saturated heterocycles. The van der Waals surface area contributed by atoms with Gasteiger partial charge in [-0.1, -0.05) is 41.4 Å². The second kappa shape index (κ2) is 9.64. The Kier molecular flexibility index (Phi) is 7.22. The Morgan fingerprint density at radius 3 is 2.32 bits per heavy atom. The largest absolute Gasteiger partial charge is 0.497 e. The number of hydrogen-bond acceptors (Lipinski definition) is 3. The summed E-state index contributed by atoms with van der Waals surface area (Å²) in [6.45, 7) is 4.44. The topological polar surface area (TPSA) is 41.6 Å². The van der Waals surface area contributed by atoms with Crippen LogP contribution in [0.1, 0.15) is 36.9 Å². The van der Waals surface area contributed by atoms with E-state index < -0.39 is 0 Å². The van der Waals surface area contributed by atoms with E-state index in [-0.39, 0.29) is 17.9 Å². The van der Waals surface area contributed by atoms with Gasteiger partial charge in [-0.05, 0) is 62.7 Å². The number of methoxy groups -OCH3 is 1. The maximum atomic E-state index is 12.7. The summed E-state index contributed by atoms with van der Waals surface area (Å²) in [5.74, 6) is 0.977. The lowest BCUT2D eigenvalue weighted by Crippen LogP contribution is -2.41. The maximum Gasteiger partial charge on any atom is 0.223 e. The molecule has 0 radical (unpaired) electrons. The van der Waals surface area contributed by atoms with E-state index in [4.69, 9.17) is 27.9 Å². The molecule has 2 aromatic carbocycles. The van der Waals surface area contributed by atoms with Crippen LogP contribution in [-0.2, 0) is 11.3 Å². The van der Waals surface area contributed by atoms with E-state index in [0.29, 0.717) is 10.0 Å². The first kappa shape index (κ1) is 21.0. The van der Waals surface area contributed by atoms with E-state index in [2.05, 4.69) is 10.2 Å². The molecule has 1 aliphatic rings. The zero-order valence-electron chi connectivity index (χ0n) is 16.3. The van der Waals surface area contributed by atoms with Gasteiger partial charge in [0.05, 0.1) is 13.2 Å². The number of nitrogens with one attached hydrogen (secondary N) is 1. The number of amides is 1. The van der Waals surface area contributed by atoms with Crippen molar-refractivity contribution in [3.8, 4) is 5.75 Å². The van der Waals surface area contributed by atoms with Crippen molar-refractivity contribution in [2.45, 2.75) is 32.4 Å². The molecule has 1 atom stereocenters. The third-order valence-electron chi connectivity index (χ3n) is 5.38.